The second-order valence-corrected chi connectivity index (χ2v) is 3.75. The summed E-state index contributed by atoms with van der Waals surface area (Å²) in [6, 6.07) is 6.23. The van der Waals surface area contributed by atoms with Crippen molar-refractivity contribution in [2.24, 2.45) is 0 Å². The van der Waals surface area contributed by atoms with E-state index in [9.17, 15) is 13.2 Å². The molecule has 1 aliphatic heterocycles. The van der Waals surface area contributed by atoms with E-state index in [2.05, 4.69) is 8.91 Å². The normalized spacial score (nSPS) is 18.3. The summed E-state index contributed by atoms with van der Waals surface area (Å²) in [5.74, 6) is -0.852. The standard InChI is InChI=1S/C7H5NO4S/c9-7-5-3-1-2-4-6(5)8-13(10,11)12-7/h1-4,8H. The zero-order valence-corrected chi connectivity index (χ0v) is 7.17. The molecule has 0 aromatic heterocycles. The van der Waals surface area contributed by atoms with Crippen molar-refractivity contribution < 1.29 is 17.4 Å². The Hall–Kier alpha value is -1.56. The number of hydrogen-bond acceptors (Lipinski definition) is 4. The van der Waals surface area contributed by atoms with Gasteiger partial charge in [-0.1, -0.05) is 12.1 Å². The summed E-state index contributed by atoms with van der Waals surface area (Å²) >= 11 is 0. The third kappa shape index (κ3) is 1.35. The van der Waals surface area contributed by atoms with E-state index in [0.717, 1.165) is 0 Å². The largest absolute Gasteiger partial charge is 0.410 e. The molecule has 0 radical (unpaired) electrons. The van der Waals surface area contributed by atoms with Gasteiger partial charge in [0.05, 0.1) is 11.3 Å². The Morgan fingerprint density at radius 2 is 1.92 bits per heavy atom. The molecule has 0 fully saturated rings. The fourth-order valence-corrected chi connectivity index (χ4v) is 1.83. The zero-order chi connectivity index (χ0) is 9.47. The minimum atomic E-state index is -3.94. The molecule has 0 aliphatic carbocycles. The number of anilines is 1. The molecule has 13 heavy (non-hydrogen) atoms. The van der Waals surface area contributed by atoms with Crippen LogP contribution in [0.15, 0.2) is 24.3 Å². The molecule has 68 valence electrons. The van der Waals surface area contributed by atoms with Gasteiger partial charge in [-0.05, 0) is 12.1 Å². The van der Waals surface area contributed by atoms with E-state index in [1.54, 1.807) is 12.1 Å². The second-order valence-electron chi connectivity index (χ2n) is 2.47. The van der Waals surface area contributed by atoms with Crippen molar-refractivity contribution in [3.63, 3.8) is 0 Å². The predicted molar refractivity (Wildman–Crippen MR) is 44.4 cm³/mol. The van der Waals surface area contributed by atoms with Crippen LogP contribution in [0.25, 0.3) is 0 Å². The molecule has 0 saturated carbocycles. The summed E-state index contributed by atoms with van der Waals surface area (Å²) in [6.45, 7) is 0. The first-order valence-electron chi connectivity index (χ1n) is 3.44. The van der Waals surface area contributed by atoms with Crippen LogP contribution in [0.1, 0.15) is 10.4 Å². The van der Waals surface area contributed by atoms with Gasteiger partial charge in [0.25, 0.3) is 0 Å². The number of carbonyl (C=O) groups excluding carboxylic acids is 1. The smallest absolute Gasteiger partial charge is 0.325 e. The fraction of sp³-hybridized carbons (Fsp3) is 0. The number of benzene rings is 1. The maximum absolute atomic E-state index is 11.1. The highest BCUT2D eigenvalue weighted by molar-refractivity contribution is 7.88. The van der Waals surface area contributed by atoms with E-state index in [4.69, 9.17) is 0 Å². The van der Waals surface area contributed by atoms with Gasteiger partial charge >= 0.3 is 16.3 Å². The number of fused-ring (bicyclic) bond motifs is 1. The summed E-state index contributed by atoms with van der Waals surface area (Å²) in [4.78, 5) is 11.1. The van der Waals surface area contributed by atoms with Gasteiger partial charge in [0.1, 0.15) is 0 Å². The zero-order valence-electron chi connectivity index (χ0n) is 6.35. The Balaban J connectivity index is 2.61. The molecule has 0 unspecified atom stereocenters. The summed E-state index contributed by atoms with van der Waals surface area (Å²) in [6.07, 6.45) is 0. The van der Waals surface area contributed by atoms with Gasteiger partial charge in [-0.25, -0.2) is 4.79 Å². The number of nitrogens with one attached hydrogen (secondary N) is 1. The van der Waals surface area contributed by atoms with Crippen LogP contribution in [-0.4, -0.2) is 14.4 Å². The van der Waals surface area contributed by atoms with Gasteiger partial charge in [-0.15, -0.1) is 0 Å². The predicted octanol–water partition coefficient (Wildman–Crippen LogP) is 0.514. The highest BCUT2D eigenvalue weighted by Gasteiger charge is 2.27. The van der Waals surface area contributed by atoms with E-state index >= 15 is 0 Å². The molecule has 2 rings (SSSR count). The van der Waals surface area contributed by atoms with Crippen molar-refractivity contribution in [2.75, 3.05) is 4.72 Å². The maximum atomic E-state index is 11.1. The van der Waals surface area contributed by atoms with Gasteiger partial charge < -0.3 is 4.18 Å². The van der Waals surface area contributed by atoms with Crippen molar-refractivity contribution in [1.82, 2.24) is 0 Å². The lowest BCUT2D eigenvalue weighted by molar-refractivity contribution is 0.0745. The molecule has 0 atom stereocenters. The van der Waals surface area contributed by atoms with E-state index < -0.39 is 16.3 Å². The third-order valence-electron chi connectivity index (χ3n) is 1.57. The van der Waals surface area contributed by atoms with Crippen LogP contribution in [0.4, 0.5) is 5.69 Å². The first kappa shape index (κ1) is 8.06. The highest BCUT2D eigenvalue weighted by atomic mass is 32.2. The van der Waals surface area contributed by atoms with E-state index in [1.807, 2.05) is 0 Å². The van der Waals surface area contributed by atoms with Crippen molar-refractivity contribution in [3.05, 3.63) is 29.8 Å². The van der Waals surface area contributed by atoms with Crippen LogP contribution in [-0.2, 0) is 14.5 Å². The monoisotopic (exact) mass is 199 g/mol. The first-order chi connectivity index (χ1) is 6.08. The van der Waals surface area contributed by atoms with Gasteiger partial charge in [0.2, 0.25) is 0 Å². The molecule has 1 N–H and O–H groups in total. The quantitative estimate of drug-likeness (QED) is 0.660. The molecule has 0 spiro atoms. The molecule has 1 heterocycles. The SMILES string of the molecule is O=C1OS(=O)(=O)Nc2ccccc21. The summed E-state index contributed by atoms with van der Waals surface area (Å²) < 4.78 is 28.0. The number of carbonyl (C=O) groups is 1. The maximum Gasteiger partial charge on any atom is 0.410 e. The Kier molecular flexibility index (Phi) is 1.53. The van der Waals surface area contributed by atoms with Crippen molar-refractivity contribution in [1.29, 1.82) is 0 Å². The molecule has 0 amide bonds. The average molecular weight is 199 g/mol. The van der Waals surface area contributed by atoms with Crippen LogP contribution < -0.4 is 4.72 Å². The van der Waals surface area contributed by atoms with Crippen LogP contribution >= 0.6 is 0 Å². The van der Waals surface area contributed by atoms with E-state index in [0.29, 0.717) is 0 Å². The van der Waals surface area contributed by atoms with E-state index in [1.165, 1.54) is 12.1 Å². The Morgan fingerprint density at radius 3 is 2.69 bits per heavy atom. The van der Waals surface area contributed by atoms with Crippen molar-refractivity contribution >= 4 is 22.0 Å². The van der Waals surface area contributed by atoms with Crippen LogP contribution in [0, 0.1) is 0 Å². The van der Waals surface area contributed by atoms with Crippen molar-refractivity contribution in [3.8, 4) is 0 Å². The van der Waals surface area contributed by atoms with Gasteiger partial charge in [0.15, 0.2) is 0 Å². The Morgan fingerprint density at radius 1 is 1.23 bits per heavy atom. The van der Waals surface area contributed by atoms with Crippen LogP contribution in [0.5, 0.6) is 0 Å². The fourth-order valence-electron chi connectivity index (χ4n) is 1.05. The molecular weight excluding hydrogens is 194 g/mol. The van der Waals surface area contributed by atoms with Gasteiger partial charge in [-0.2, -0.15) is 8.42 Å². The van der Waals surface area contributed by atoms with Crippen molar-refractivity contribution in [2.45, 2.75) is 0 Å². The lowest BCUT2D eigenvalue weighted by atomic mass is 10.2. The molecular formula is C7H5NO4S. The van der Waals surface area contributed by atoms with E-state index in [-0.39, 0.29) is 11.3 Å². The number of hydrogen-bond donors (Lipinski definition) is 1. The Labute approximate surface area is 74.6 Å². The molecule has 5 nitrogen and oxygen atoms in total. The van der Waals surface area contributed by atoms with Gasteiger partial charge in [-0.3, -0.25) is 4.72 Å². The topological polar surface area (TPSA) is 72.5 Å². The number of para-hydroxylation sites is 1. The molecule has 6 heteroatoms. The number of rotatable bonds is 0. The summed E-state index contributed by atoms with van der Waals surface area (Å²) in [7, 11) is -3.94. The Bertz CT molecular complexity index is 465. The molecule has 1 aliphatic rings. The van der Waals surface area contributed by atoms with Gasteiger partial charge in [0, 0.05) is 0 Å². The molecule has 1 aromatic rings. The van der Waals surface area contributed by atoms with Crippen LogP contribution in [0.3, 0.4) is 0 Å². The minimum Gasteiger partial charge on any atom is -0.325 e. The summed E-state index contributed by atoms with van der Waals surface area (Å²) in [5, 5.41) is 0. The minimum absolute atomic E-state index is 0.220. The third-order valence-corrected chi connectivity index (χ3v) is 2.41. The molecule has 0 saturated heterocycles. The second kappa shape index (κ2) is 2.46. The molecule has 0 bridgehead atoms. The molecule has 1 aromatic carbocycles. The lowest BCUT2D eigenvalue weighted by Crippen LogP contribution is -2.26. The first-order valence-corrected chi connectivity index (χ1v) is 4.85. The van der Waals surface area contributed by atoms with Crippen LogP contribution in [0.2, 0.25) is 0 Å². The lowest BCUT2D eigenvalue weighted by Gasteiger charge is -2.15. The average Bonchev–Trinajstić information content (AvgIpc) is 2.02. The highest BCUT2D eigenvalue weighted by Crippen LogP contribution is 2.22. The summed E-state index contributed by atoms with van der Waals surface area (Å²) in [5.41, 5.74) is 0.469.